The smallest absolute Gasteiger partial charge is 0.352 e. The first-order valence-corrected chi connectivity index (χ1v) is 11.4. The molecule has 0 unspecified atom stereocenters. The van der Waals surface area contributed by atoms with Crippen LogP contribution >= 0.6 is 23.5 Å². The summed E-state index contributed by atoms with van der Waals surface area (Å²) >= 11 is 2.12. The Kier molecular flexibility index (Phi) is 7.40. The van der Waals surface area contributed by atoms with E-state index in [2.05, 4.69) is 15.3 Å². The zero-order valence-corrected chi connectivity index (χ0v) is 18.7. The number of aliphatic carboxylic acids is 1. The van der Waals surface area contributed by atoms with Gasteiger partial charge in [-0.15, -0.1) is 11.8 Å². The first-order valence-electron chi connectivity index (χ1n) is 9.35. The molecule has 2 N–H and O–H groups in total. The molecule has 3 rings (SSSR count). The fourth-order valence-electron chi connectivity index (χ4n) is 3.10. The zero-order valence-electron chi connectivity index (χ0n) is 17.0. The number of carboxylic acids is 1. The molecule has 2 atom stereocenters. The van der Waals surface area contributed by atoms with Gasteiger partial charge in [-0.2, -0.15) is 0 Å². The predicted octanol–water partition coefficient (Wildman–Crippen LogP) is 0.873. The Bertz CT molecular complexity index is 1020. The minimum Gasteiger partial charge on any atom is -0.477 e. The van der Waals surface area contributed by atoms with Crippen molar-refractivity contribution < 1.29 is 38.3 Å². The molecule has 0 radical (unpaired) electrons. The molecule has 0 spiro atoms. The van der Waals surface area contributed by atoms with Gasteiger partial charge in [0.2, 0.25) is 5.71 Å². The third kappa shape index (κ3) is 4.58. The lowest BCUT2D eigenvalue weighted by atomic mass is 10.0. The predicted molar refractivity (Wildman–Crippen MR) is 115 cm³/mol. The summed E-state index contributed by atoms with van der Waals surface area (Å²) in [6.07, 6.45) is 1.38. The van der Waals surface area contributed by atoms with Crippen LogP contribution in [-0.2, 0) is 24.0 Å². The number of rotatable bonds is 9. The van der Waals surface area contributed by atoms with Crippen molar-refractivity contribution in [2.45, 2.75) is 24.8 Å². The van der Waals surface area contributed by atoms with Gasteiger partial charge in [-0.05, 0) is 17.7 Å². The van der Waals surface area contributed by atoms with E-state index in [1.165, 1.54) is 31.2 Å². The summed E-state index contributed by atoms with van der Waals surface area (Å²) in [6.45, 7) is 1.55. The van der Waals surface area contributed by atoms with Crippen LogP contribution in [0, 0.1) is 0 Å². The minimum atomic E-state index is -1.31. The monoisotopic (exact) mass is 481 g/mol. The molecule has 0 bridgehead atoms. The lowest BCUT2D eigenvalue weighted by molar-refractivity contribution is -0.150. The van der Waals surface area contributed by atoms with Crippen LogP contribution in [0.3, 0.4) is 0 Å². The Balaban J connectivity index is 1.73. The van der Waals surface area contributed by atoms with Gasteiger partial charge in [-0.25, -0.2) is 4.79 Å². The van der Waals surface area contributed by atoms with Crippen molar-refractivity contribution in [3.8, 4) is 0 Å². The quantitative estimate of drug-likeness (QED) is 0.225. The molecule has 1 aromatic rings. The Morgan fingerprint density at radius 1 is 1.41 bits per heavy atom. The Labute approximate surface area is 190 Å². The number of Topliss-reactive ketones (excluding diaryl/α,β-unsaturated/α-hetero) is 1. The van der Waals surface area contributed by atoms with Gasteiger partial charge in [0.15, 0.2) is 11.5 Å². The molecule has 32 heavy (non-hydrogen) atoms. The number of ketones is 1. The number of furan rings is 1. The van der Waals surface area contributed by atoms with Gasteiger partial charge >= 0.3 is 5.97 Å². The van der Waals surface area contributed by atoms with Gasteiger partial charge < -0.3 is 19.7 Å². The maximum atomic E-state index is 12.7. The number of hydrogen-bond donors (Lipinski definition) is 2. The Morgan fingerprint density at radius 3 is 2.75 bits per heavy atom. The summed E-state index contributed by atoms with van der Waals surface area (Å²) in [5.41, 5.74) is -0.270. The van der Waals surface area contributed by atoms with E-state index >= 15 is 0 Å². The maximum Gasteiger partial charge on any atom is 0.352 e. The van der Waals surface area contributed by atoms with Crippen LogP contribution < -0.4 is 5.32 Å². The van der Waals surface area contributed by atoms with Crippen LogP contribution in [0.2, 0.25) is 0 Å². The first-order chi connectivity index (χ1) is 15.3. The lowest BCUT2D eigenvalue weighted by Crippen LogP contribution is -2.71. The summed E-state index contributed by atoms with van der Waals surface area (Å²) in [5, 5.41) is 14.5. The van der Waals surface area contributed by atoms with Gasteiger partial charge in [-0.3, -0.25) is 24.1 Å². The van der Waals surface area contributed by atoms with Gasteiger partial charge in [0, 0.05) is 17.9 Å². The number of carboxylic acid groups (broad SMARTS) is 1. The fourth-order valence-corrected chi connectivity index (χ4v) is 5.38. The average Bonchev–Trinajstić information content (AvgIpc) is 3.33. The van der Waals surface area contributed by atoms with Crippen molar-refractivity contribution in [1.29, 1.82) is 0 Å². The number of thioether (sulfide) groups is 2. The molecule has 0 saturated carbocycles. The summed E-state index contributed by atoms with van der Waals surface area (Å²) in [7, 11) is 1.18. The van der Waals surface area contributed by atoms with Crippen molar-refractivity contribution in [2.24, 2.45) is 5.16 Å². The summed E-state index contributed by atoms with van der Waals surface area (Å²) in [4.78, 5) is 66.7. The van der Waals surface area contributed by atoms with E-state index in [1.54, 1.807) is 13.0 Å². The standard InChI is InChI=1S/C19H19N3O8S2/c1-3-10(23)12(21-29-2)15(24)20-13-16(25)22-14(18(26)27)9(7-31-17(13)22)8-32-19(28)11-5-4-6-30-11/h4-6,13,17H,3,7-8H2,1-2H3,(H,20,24)(H,26,27)/b21-12+/t13-,17-/m1/s1. The van der Waals surface area contributed by atoms with Crippen molar-refractivity contribution in [2.75, 3.05) is 18.6 Å². The second kappa shape index (κ2) is 10.0. The van der Waals surface area contributed by atoms with E-state index in [0.717, 1.165) is 16.7 Å². The molecular formula is C19H19N3O8S2. The third-order valence-corrected chi connectivity index (χ3v) is 6.91. The number of oxime groups is 1. The third-order valence-electron chi connectivity index (χ3n) is 4.62. The van der Waals surface area contributed by atoms with E-state index in [9.17, 15) is 29.1 Å². The van der Waals surface area contributed by atoms with Crippen LogP contribution in [0.1, 0.15) is 23.9 Å². The van der Waals surface area contributed by atoms with Crippen molar-refractivity contribution in [1.82, 2.24) is 10.2 Å². The number of carbonyl (C=O) groups is 5. The van der Waals surface area contributed by atoms with Crippen molar-refractivity contribution in [3.63, 3.8) is 0 Å². The minimum absolute atomic E-state index is 0.0161. The zero-order chi connectivity index (χ0) is 23.4. The number of nitrogens with one attached hydrogen (secondary N) is 1. The molecule has 11 nitrogen and oxygen atoms in total. The second-order valence-corrected chi connectivity index (χ2v) is 8.62. The highest BCUT2D eigenvalue weighted by Crippen LogP contribution is 2.41. The molecular weight excluding hydrogens is 462 g/mol. The van der Waals surface area contributed by atoms with E-state index in [1.807, 2.05) is 0 Å². The van der Waals surface area contributed by atoms with E-state index < -0.39 is 40.7 Å². The number of carbonyl (C=O) groups excluding carboxylic acids is 4. The number of amides is 2. The maximum absolute atomic E-state index is 12.7. The number of nitrogens with zero attached hydrogens (tertiary/aromatic N) is 2. The van der Waals surface area contributed by atoms with Crippen LogP contribution in [0.25, 0.3) is 0 Å². The Hall–Kier alpha value is -3.06. The molecule has 2 aliphatic rings. The van der Waals surface area contributed by atoms with E-state index in [-0.39, 0.29) is 34.5 Å². The van der Waals surface area contributed by atoms with Gasteiger partial charge in [0.25, 0.3) is 16.9 Å². The molecule has 170 valence electrons. The molecule has 1 fully saturated rings. The number of fused-ring (bicyclic) bond motifs is 1. The van der Waals surface area contributed by atoms with Gasteiger partial charge in [0.05, 0.1) is 6.26 Å². The molecule has 1 saturated heterocycles. The summed E-state index contributed by atoms with van der Waals surface area (Å²) < 4.78 is 5.03. The molecule has 3 heterocycles. The molecule has 2 amide bonds. The normalized spacial score (nSPS) is 20.4. The highest BCUT2D eigenvalue weighted by atomic mass is 32.2. The molecule has 2 aliphatic heterocycles. The molecule has 0 aromatic carbocycles. The van der Waals surface area contributed by atoms with Crippen LogP contribution in [0.4, 0.5) is 0 Å². The first kappa shape index (κ1) is 23.6. The van der Waals surface area contributed by atoms with Gasteiger partial charge in [-0.1, -0.05) is 23.8 Å². The SMILES string of the molecule is CCC(=O)/C(=N\OC)C(=O)N[C@@H]1C(=O)N2C(C(=O)O)=C(CSC(=O)c3ccco3)CS[C@H]12. The van der Waals surface area contributed by atoms with Crippen molar-refractivity contribution in [3.05, 3.63) is 35.4 Å². The lowest BCUT2D eigenvalue weighted by Gasteiger charge is -2.49. The largest absolute Gasteiger partial charge is 0.477 e. The van der Waals surface area contributed by atoms with Crippen LogP contribution in [0.5, 0.6) is 0 Å². The van der Waals surface area contributed by atoms with Crippen LogP contribution in [0.15, 0.2) is 39.2 Å². The second-order valence-electron chi connectivity index (χ2n) is 6.57. The van der Waals surface area contributed by atoms with E-state index in [0.29, 0.717) is 5.57 Å². The highest BCUT2D eigenvalue weighted by molar-refractivity contribution is 8.14. The van der Waals surface area contributed by atoms with Crippen LogP contribution in [-0.4, -0.2) is 74.4 Å². The summed E-state index contributed by atoms with van der Waals surface area (Å²) in [5.74, 6) is -2.91. The summed E-state index contributed by atoms with van der Waals surface area (Å²) in [6, 6.07) is 2.05. The fraction of sp³-hybridized carbons (Fsp3) is 0.368. The average molecular weight is 482 g/mol. The molecule has 1 aromatic heterocycles. The topological polar surface area (TPSA) is 156 Å². The molecule has 13 heteroatoms. The van der Waals surface area contributed by atoms with Crippen molar-refractivity contribution >= 4 is 57.9 Å². The number of hydrogen-bond acceptors (Lipinski definition) is 10. The van der Waals surface area contributed by atoms with E-state index in [4.69, 9.17) is 4.42 Å². The van der Waals surface area contributed by atoms with Gasteiger partial charge in [0.1, 0.15) is 24.2 Å². The highest BCUT2D eigenvalue weighted by Gasteiger charge is 2.54. The Morgan fingerprint density at radius 2 is 2.16 bits per heavy atom. The number of β-lactam (4-membered cyclic amide) rings is 1. The molecule has 0 aliphatic carbocycles.